The van der Waals surface area contributed by atoms with Crippen LogP contribution in [0.25, 0.3) is 16.7 Å². The summed E-state index contributed by atoms with van der Waals surface area (Å²) in [5.41, 5.74) is 3.08. The van der Waals surface area contributed by atoms with Crippen LogP contribution in [0, 0.1) is 6.92 Å². The highest BCUT2D eigenvalue weighted by atomic mass is 35.5. The van der Waals surface area contributed by atoms with Gasteiger partial charge in [0.15, 0.2) is 5.82 Å². The van der Waals surface area contributed by atoms with Crippen molar-refractivity contribution in [1.82, 2.24) is 24.9 Å². The zero-order chi connectivity index (χ0) is 20.2. The molecule has 7 nitrogen and oxygen atoms in total. The van der Waals surface area contributed by atoms with E-state index < -0.39 is 0 Å². The van der Waals surface area contributed by atoms with Crippen LogP contribution in [-0.2, 0) is 0 Å². The number of aromatic nitrogens is 4. The number of rotatable bonds is 7. The van der Waals surface area contributed by atoms with Crippen molar-refractivity contribution < 1.29 is 4.79 Å². The summed E-state index contributed by atoms with van der Waals surface area (Å²) in [4.78, 5) is 16.8. The maximum absolute atomic E-state index is 12.2. The molecule has 8 heteroatoms. The smallest absolute Gasteiger partial charge is 0.252 e. The summed E-state index contributed by atoms with van der Waals surface area (Å²) in [6, 6.07) is 15.0. The summed E-state index contributed by atoms with van der Waals surface area (Å²) < 4.78 is 2.01. The predicted octanol–water partition coefficient (Wildman–Crippen LogP) is 3.86. The first-order valence-corrected chi connectivity index (χ1v) is 9.90. The van der Waals surface area contributed by atoms with Crippen molar-refractivity contribution in [2.45, 2.75) is 19.8 Å². The lowest BCUT2D eigenvalue weighted by atomic mass is 10.2. The minimum Gasteiger partial charge on any atom is -0.367 e. The number of unbranched alkanes of at least 4 members (excludes halogenated alkanes) is 1. The number of fused-ring (bicyclic) bond motifs is 3. The number of nitrogens with zero attached hydrogens (tertiary/aromatic N) is 4. The van der Waals surface area contributed by atoms with Crippen molar-refractivity contribution in [2.24, 2.45) is 0 Å². The van der Waals surface area contributed by atoms with Gasteiger partial charge in [-0.1, -0.05) is 35.9 Å². The van der Waals surface area contributed by atoms with Gasteiger partial charge in [-0.25, -0.2) is 4.98 Å². The summed E-state index contributed by atoms with van der Waals surface area (Å²) in [6.45, 7) is 3.23. The van der Waals surface area contributed by atoms with E-state index >= 15 is 0 Å². The van der Waals surface area contributed by atoms with Gasteiger partial charge >= 0.3 is 0 Å². The Morgan fingerprint density at radius 1 is 1.03 bits per heavy atom. The largest absolute Gasteiger partial charge is 0.367 e. The lowest BCUT2D eigenvalue weighted by molar-refractivity contribution is 0.0953. The molecule has 4 aromatic rings. The predicted molar refractivity (Wildman–Crippen MR) is 115 cm³/mol. The van der Waals surface area contributed by atoms with E-state index in [1.807, 2.05) is 35.6 Å². The average molecular weight is 409 g/mol. The van der Waals surface area contributed by atoms with Gasteiger partial charge in [-0.3, -0.25) is 9.20 Å². The molecule has 0 radical (unpaired) electrons. The fraction of sp³-hybridized carbons (Fsp3) is 0.238. The van der Waals surface area contributed by atoms with Crippen LogP contribution in [0.15, 0.2) is 48.5 Å². The second-order valence-corrected chi connectivity index (χ2v) is 7.13. The van der Waals surface area contributed by atoms with Crippen LogP contribution in [0.3, 0.4) is 0 Å². The zero-order valence-corrected chi connectivity index (χ0v) is 16.8. The molecule has 0 fully saturated rings. The SMILES string of the molecule is Cc1nnc2c(NCCCCNC(=O)c3ccccc3Cl)nc3ccccc3n12. The molecule has 0 unspecified atom stereocenters. The molecule has 0 spiro atoms. The van der Waals surface area contributed by atoms with E-state index in [1.54, 1.807) is 24.3 Å². The summed E-state index contributed by atoms with van der Waals surface area (Å²) >= 11 is 6.05. The van der Waals surface area contributed by atoms with E-state index in [1.165, 1.54) is 0 Å². The van der Waals surface area contributed by atoms with Gasteiger partial charge in [-0.05, 0) is 44.0 Å². The van der Waals surface area contributed by atoms with Gasteiger partial charge in [0, 0.05) is 13.1 Å². The van der Waals surface area contributed by atoms with E-state index in [2.05, 4.69) is 20.8 Å². The molecule has 2 aromatic carbocycles. The number of nitrogens with one attached hydrogen (secondary N) is 2. The van der Waals surface area contributed by atoms with E-state index in [9.17, 15) is 4.79 Å². The Kier molecular flexibility index (Phi) is 5.57. The normalized spacial score (nSPS) is 11.1. The molecular weight excluding hydrogens is 388 g/mol. The lowest BCUT2D eigenvalue weighted by Crippen LogP contribution is -2.25. The Hall–Kier alpha value is -3.19. The van der Waals surface area contributed by atoms with Gasteiger partial charge in [0.2, 0.25) is 5.65 Å². The molecule has 148 valence electrons. The van der Waals surface area contributed by atoms with Gasteiger partial charge in [0.05, 0.1) is 21.6 Å². The van der Waals surface area contributed by atoms with E-state index in [0.717, 1.165) is 36.2 Å². The van der Waals surface area contributed by atoms with Crippen molar-refractivity contribution in [1.29, 1.82) is 0 Å². The third kappa shape index (κ3) is 4.00. The summed E-state index contributed by atoms with van der Waals surface area (Å²) in [7, 11) is 0. The van der Waals surface area contributed by atoms with Crippen LogP contribution in [0.2, 0.25) is 5.02 Å². The number of hydrogen-bond acceptors (Lipinski definition) is 5. The van der Waals surface area contributed by atoms with Crippen LogP contribution < -0.4 is 10.6 Å². The van der Waals surface area contributed by atoms with Gasteiger partial charge in [0.25, 0.3) is 5.91 Å². The Morgan fingerprint density at radius 2 is 1.79 bits per heavy atom. The highest BCUT2D eigenvalue weighted by molar-refractivity contribution is 6.33. The maximum Gasteiger partial charge on any atom is 0.252 e. The molecular formula is C21H21ClN6O. The van der Waals surface area contributed by atoms with Crippen molar-refractivity contribution in [3.05, 3.63) is 64.9 Å². The monoisotopic (exact) mass is 408 g/mol. The first-order chi connectivity index (χ1) is 14.1. The minimum atomic E-state index is -0.152. The van der Waals surface area contributed by atoms with Crippen molar-refractivity contribution in [3.63, 3.8) is 0 Å². The highest BCUT2D eigenvalue weighted by Crippen LogP contribution is 2.21. The number of carbonyl (C=O) groups is 1. The van der Waals surface area contributed by atoms with Crippen LogP contribution in [0.1, 0.15) is 29.0 Å². The lowest BCUT2D eigenvalue weighted by Gasteiger charge is -2.10. The molecule has 0 saturated carbocycles. The molecule has 0 bridgehead atoms. The topological polar surface area (TPSA) is 84.2 Å². The molecule has 0 aliphatic heterocycles. The second-order valence-electron chi connectivity index (χ2n) is 6.72. The van der Waals surface area contributed by atoms with E-state index in [-0.39, 0.29) is 5.91 Å². The van der Waals surface area contributed by atoms with Gasteiger partial charge in [-0.2, -0.15) is 0 Å². The summed E-state index contributed by atoms with van der Waals surface area (Å²) in [5.74, 6) is 1.38. The van der Waals surface area contributed by atoms with Gasteiger partial charge < -0.3 is 10.6 Å². The molecule has 4 rings (SSSR count). The molecule has 2 heterocycles. The zero-order valence-electron chi connectivity index (χ0n) is 16.0. The van der Waals surface area contributed by atoms with Crippen molar-refractivity contribution in [3.8, 4) is 0 Å². The number of aryl methyl sites for hydroxylation is 1. The van der Waals surface area contributed by atoms with Crippen molar-refractivity contribution in [2.75, 3.05) is 18.4 Å². The third-order valence-corrected chi connectivity index (χ3v) is 5.02. The fourth-order valence-electron chi connectivity index (χ4n) is 3.24. The molecule has 2 aromatic heterocycles. The average Bonchev–Trinajstić information content (AvgIpc) is 3.13. The van der Waals surface area contributed by atoms with E-state index in [4.69, 9.17) is 16.6 Å². The number of hydrogen-bond donors (Lipinski definition) is 2. The second kappa shape index (κ2) is 8.45. The Balaban J connectivity index is 1.33. The number of benzene rings is 2. The summed E-state index contributed by atoms with van der Waals surface area (Å²) in [6.07, 6.45) is 1.70. The molecule has 0 aliphatic carbocycles. The Labute approximate surface area is 173 Å². The van der Waals surface area contributed by atoms with Crippen LogP contribution in [-0.4, -0.2) is 38.6 Å². The molecule has 0 aliphatic rings. The fourth-order valence-corrected chi connectivity index (χ4v) is 3.46. The van der Waals surface area contributed by atoms with Crippen LogP contribution >= 0.6 is 11.6 Å². The number of para-hydroxylation sites is 2. The standard InChI is InChI=1S/C21H21ClN6O/c1-14-26-27-20-19(25-17-10-4-5-11-18(17)28(14)20)23-12-6-7-13-24-21(29)15-8-2-3-9-16(15)22/h2-5,8-11H,6-7,12-13H2,1H3,(H,23,25)(H,24,29). The summed E-state index contributed by atoms with van der Waals surface area (Å²) in [5, 5.41) is 15.2. The third-order valence-electron chi connectivity index (χ3n) is 4.69. The first-order valence-electron chi connectivity index (χ1n) is 9.52. The number of amides is 1. The Bertz CT molecular complexity index is 1170. The Morgan fingerprint density at radius 3 is 2.66 bits per heavy atom. The number of anilines is 1. The first kappa shape index (κ1) is 19.1. The van der Waals surface area contributed by atoms with Crippen LogP contribution in [0.5, 0.6) is 0 Å². The number of carbonyl (C=O) groups excluding carboxylic acids is 1. The van der Waals surface area contributed by atoms with Crippen LogP contribution in [0.4, 0.5) is 5.82 Å². The van der Waals surface area contributed by atoms with E-state index in [0.29, 0.717) is 28.6 Å². The molecule has 0 saturated heterocycles. The number of halogens is 1. The van der Waals surface area contributed by atoms with Gasteiger partial charge in [-0.15, -0.1) is 10.2 Å². The maximum atomic E-state index is 12.2. The minimum absolute atomic E-state index is 0.152. The molecule has 1 amide bonds. The van der Waals surface area contributed by atoms with Crippen molar-refractivity contribution >= 4 is 40.0 Å². The molecule has 2 N–H and O–H groups in total. The molecule has 0 atom stereocenters. The quantitative estimate of drug-likeness (QED) is 0.453. The van der Waals surface area contributed by atoms with Gasteiger partial charge in [0.1, 0.15) is 5.82 Å². The highest BCUT2D eigenvalue weighted by Gasteiger charge is 2.12. The molecule has 29 heavy (non-hydrogen) atoms.